The van der Waals surface area contributed by atoms with Crippen molar-refractivity contribution in [2.75, 3.05) is 0 Å². The van der Waals surface area contributed by atoms with Crippen molar-refractivity contribution in [3.8, 4) is 11.1 Å². The molecule has 5 heteroatoms. The standard InChI is InChI=1S/C49H40N2OSSi/c1-32-36-21-11-14-27-44(36)53-47-37(32)22-16-28-45(47)54(33-17-7-5-8-18-33,34-19-9-6-10-20-34)35-29-30-38(40(31-35)49(2,3)4)39-23-15-26-43-46(39)52-48-50-41-24-12-13-25-42(41)51(43)48/h5-32H,1-4H3/i1D3,32D. The van der Waals surface area contributed by atoms with E-state index in [9.17, 15) is 1.37 Å². The average Bonchev–Trinajstić information content (AvgIpc) is 3.78. The van der Waals surface area contributed by atoms with Crippen LogP contribution < -0.4 is 20.7 Å². The Morgan fingerprint density at radius 3 is 2.09 bits per heavy atom. The fourth-order valence-corrected chi connectivity index (χ4v) is 15.1. The quantitative estimate of drug-likeness (QED) is 0.130. The minimum absolute atomic E-state index is 0.290. The zero-order valence-electron chi connectivity index (χ0n) is 34.3. The summed E-state index contributed by atoms with van der Waals surface area (Å²) in [5, 5.41) is 4.58. The first-order valence-electron chi connectivity index (χ1n) is 20.4. The van der Waals surface area contributed by atoms with Crippen LogP contribution in [-0.2, 0) is 5.41 Å². The highest BCUT2D eigenvalue weighted by Crippen LogP contribution is 2.46. The van der Waals surface area contributed by atoms with Gasteiger partial charge in [-0.3, -0.25) is 4.40 Å². The van der Waals surface area contributed by atoms with E-state index in [1.54, 1.807) is 11.8 Å². The topological polar surface area (TPSA) is 30.4 Å². The van der Waals surface area contributed by atoms with Gasteiger partial charge in [0.05, 0.1) is 16.6 Å². The second-order valence-electron chi connectivity index (χ2n) is 15.1. The van der Waals surface area contributed by atoms with Gasteiger partial charge in [-0.2, -0.15) is 4.98 Å². The second-order valence-corrected chi connectivity index (χ2v) is 19.9. The van der Waals surface area contributed by atoms with Crippen LogP contribution in [0.25, 0.3) is 39.1 Å². The summed E-state index contributed by atoms with van der Waals surface area (Å²) in [4.78, 5) is 6.48. The average molecular weight is 737 g/mol. The Morgan fingerprint density at radius 1 is 0.667 bits per heavy atom. The van der Waals surface area contributed by atoms with Gasteiger partial charge in [-0.25, -0.2) is 0 Å². The van der Waals surface area contributed by atoms with Crippen LogP contribution in [0.5, 0.6) is 0 Å². The molecule has 0 spiro atoms. The molecule has 0 saturated heterocycles. The van der Waals surface area contributed by atoms with Gasteiger partial charge in [-0.1, -0.05) is 179 Å². The molecule has 0 aliphatic carbocycles. The minimum atomic E-state index is -3.28. The molecule has 3 heterocycles. The Labute approximate surface area is 327 Å². The summed E-state index contributed by atoms with van der Waals surface area (Å²) in [6.45, 7) is 4.15. The summed E-state index contributed by atoms with van der Waals surface area (Å²) < 4.78 is 45.3. The molecule has 3 nitrogen and oxygen atoms in total. The molecule has 7 aromatic carbocycles. The van der Waals surface area contributed by atoms with Gasteiger partial charge in [0.15, 0.2) is 13.7 Å². The van der Waals surface area contributed by atoms with E-state index in [1.165, 1.54) is 21.1 Å². The van der Waals surface area contributed by atoms with E-state index in [0.29, 0.717) is 17.0 Å². The molecule has 0 fully saturated rings. The van der Waals surface area contributed by atoms with Gasteiger partial charge in [0.25, 0.3) is 0 Å². The summed E-state index contributed by atoms with van der Waals surface area (Å²) >= 11 is 1.60. The SMILES string of the molecule is [2H]C([2H])([2H])C1([2H])c2ccccc2Sc2c1cccc2[Si](c1ccccc1)(c1ccccc1)c1ccc(-c2cccc3c2oc2nc4ccccc4n23)c(C(C)(C)C)c1. The molecule has 10 rings (SSSR count). The van der Waals surface area contributed by atoms with E-state index >= 15 is 0 Å². The van der Waals surface area contributed by atoms with Gasteiger partial charge in [0.2, 0.25) is 0 Å². The first-order chi connectivity index (χ1) is 27.9. The molecule has 54 heavy (non-hydrogen) atoms. The van der Waals surface area contributed by atoms with Crippen LogP contribution in [0.4, 0.5) is 0 Å². The molecule has 1 aliphatic rings. The van der Waals surface area contributed by atoms with E-state index < -0.39 is 20.8 Å². The number of hydrogen-bond donors (Lipinski definition) is 0. The summed E-state index contributed by atoms with van der Waals surface area (Å²) in [5.41, 5.74) is 7.63. The van der Waals surface area contributed by atoms with Gasteiger partial charge >= 0.3 is 5.84 Å². The largest absolute Gasteiger partial charge is 0.422 e. The lowest BCUT2D eigenvalue weighted by Crippen LogP contribution is -2.75. The molecular weight excluding hydrogens is 693 g/mol. The van der Waals surface area contributed by atoms with E-state index in [-0.39, 0.29) is 5.41 Å². The fraction of sp³-hybridized carbons (Fsp3) is 0.122. The molecule has 1 atom stereocenters. The lowest BCUT2D eigenvalue weighted by Gasteiger charge is -2.39. The summed E-state index contributed by atoms with van der Waals surface area (Å²) in [6, 6.07) is 56.4. The second kappa shape index (κ2) is 12.5. The molecule has 0 amide bonds. The third-order valence-electron chi connectivity index (χ3n) is 11.0. The number of fused-ring (bicyclic) bond motifs is 7. The van der Waals surface area contributed by atoms with Crippen molar-refractivity contribution in [3.05, 3.63) is 180 Å². The highest BCUT2D eigenvalue weighted by Gasteiger charge is 2.45. The maximum absolute atomic E-state index is 9.95. The Balaban J connectivity index is 1.29. The Bertz CT molecular complexity index is 3000. The summed E-state index contributed by atoms with van der Waals surface area (Å²) in [5.74, 6) is -1.39. The smallest absolute Gasteiger partial charge is 0.307 e. The highest BCUT2D eigenvalue weighted by molar-refractivity contribution is 7.99. The number of nitrogens with zero attached hydrogens (tertiary/aromatic N) is 2. The number of aromatic nitrogens is 2. The normalized spacial score (nSPS) is 17.1. The van der Waals surface area contributed by atoms with Crippen molar-refractivity contribution < 1.29 is 9.90 Å². The van der Waals surface area contributed by atoms with Gasteiger partial charge < -0.3 is 4.42 Å². The third kappa shape index (κ3) is 4.92. The Morgan fingerprint density at radius 2 is 1.33 bits per heavy atom. The van der Waals surface area contributed by atoms with Crippen molar-refractivity contribution in [1.29, 1.82) is 0 Å². The molecule has 0 bridgehead atoms. The van der Waals surface area contributed by atoms with Crippen molar-refractivity contribution in [2.45, 2.75) is 48.7 Å². The van der Waals surface area contributed by atoms with E-state index in [0.717, 1.165) is 48.2 Å². The van der Waals surface area contributed by atoms with Crippen LogP contribution in [0, 0.1) is 0 Å². The zero-order valence-corrected chi connectivity index (χ0v) is 32.1. The molecule has 0 radical (unpaired) electrons. The van der Waals surface area contributed by atoms with Gasteiger partial charge in [-0.15, -0.1) is 0 Å². The van der Waals surface area contributed by atoms with Crippen LogP contribution in [0.2, 0.25) is 0 Å². The predicted molar refractivity (Wildman–Crippen MR) is 228 cm³/mol. The number of oxazole rings is 1. The molecular formula is C49H40N2OSSi. The monoisotopic (exact) mass is 736 g/mol. The first kappa shape index (κ1) is 28.8. The van der Waals surface area contributed by atoms with Crippen molar-refractivity contribution in [3.63, 3.8) is 0 Å². The number of benzene rings is 7. The van der Waals surface area contributed by atoms with Crippen molar-refractivity contribution >= 4 is 68.6 Å². The molecule has 0 N–H and O–H groups in total. The summed E-state index contributed by atoms with van der Waals surface area (Å²) in [7, 11) is -3.28. The van der Waals surface area contributed by atoms with Crippen LogP contribution >= 0.6 is 11.8 Å². The van der Waals surface area contributed by atoms with Gasteiger partial charge in [-0.05, 0) is 72.7 Å². The van der Waals surface area contributed by atoms with E-state index in [4.69, 9.17) is 13.5 Å². The molecule has 9 aromatic rings. The Hall–Kier alpha value is -5.62. The number of rotatable bonds is 5. The molecule has 262 valence electrons. The van der Waals surface area contributed by atoms with Crippen LogP contribution in [0.15, 0.2) is 178 Å². The van der Waals surface area contributed by atoms with Crippen LogP contribution in [0.3, 0.4) is 0 Å². The fourth-order valence-electron chi connectivity index (χ4n) is 8.55. The summed E-state index contributed by atoms with van der Waals surface area (Å²) in [6.07, 6.45) is 0. The number of hydrogen-bond acceptors (Lipinski definition) is 3. The van der Waals surface area contributed by atoms with Gasteiger partial charge in [0.1, 0.15) is 0 Å². The maximum atomic E-state index is 9.95. The zero-order chi connectivity index (χ0) is 40.0. The first-order valence-corrected chi connectivity index (χ1v) is 21.2. The van der Waals surface area contributed by atoms with Crippen molar-refractivity contribution in [2.24, 2.45) is 0 Å². The number of imidazole rings is 1. The molecule has 0 saturated carbocycles. The third-order valence-corrected chi connectivity index (χ3v) is 17.2. The lowest BCUT2D eigenvalue weighted by atomic mass is 9.81. The predicted octanol–water partition coefficient (Wildman–Crippen LogP) is 10.2. The van der Waals surface area contributed by atoms with Crippen LogP contribution in [-0.4, -0.2) is 17.5 Å². The van der Waals surface area contributed by atoms with Crippen molar-refractivity contribution in [1.82, 2.24) is 9.38 Å². The van der Waals surface area contributed by atoms with E-state index in [1.807, 2.05) is 54.6 Å². The van der Waals surface area contributed by atoms with Crippen LogP contribution in [0.1, 0.15) is 55.7 Å². The lowest BCUT2D eigenvalue weighted by molar-refractivity contribution is 0.592. The number of para-hydroxylation sites is 3. The molecule has 1 aliphatic heterocycles. The minimum Gasteiger partial charge on any atom is -0.422 e. The maximum Gasteiger partial charge on any atom is 0.307 e. The highest BCUT2D eigenvalue weighted by atomic mass is 32.2. The molecule has 2 aromatic heterocycles. The molecule has 1 unspecified atom stereocenters. The Kier molecular flexibility index (Phi) is 6.66. The van der Waals surface area contributed by atoms with Gasteiger partial charge in [0, 0.05) is 26.7 Å². The van der Waals surface area contributed by atoms with E-state index in [2.05, 4.69) is 134 Å².